The molecule has 90 valence electrons. The van der Waals surface area contributed by atoms with E-state index in [-0.39, 0.29) is 0 Å². The Labute approximate surface area is 96.8 Å². The van der Waals surface area contributed by atoms with Gasteiger partial charge in [-0.25, -0.2) is 0 Å². The number of rotatable bonds is 3. The Hall–Kier alpha value is -0.940. The summed E-state index contributed by atoms with van der Waals surface area (Å²) in [7, 11) is 0. The van der Waals surface area contributed by atoms with Gasteiger partial charge in [-0.15, -0.1) is 10.2 Å². The Morgan fingerprint density at radius 2 is 1.94 bits per heavy atom. The zero-order chi connectivity index (χ0) is 11.5. The highest BCUT2D eigenvalue weighted by atomic mass is 15.3. The van der Waals surface area contributed by atoms with Gasteiger partial charge < -0.3 is 9.88 Å². The van der Waals surface area contributed by atoms with Crippen LogP contribution in [0, 0.1) is 6.92 Å². The third-order valence-corrected chi connectivity index (χ3v) is 3.03. The summed E-state index contributed by atoms with van der Waals surface area (Å²) in [6.07, 6.45) is 0. The molecule has 1 saturated heterocycles. The Morgan fingerprint density at radius 1 is 1.25 bits per heavy atom. The van der Waals surface area contributed by atoms with Gasteiger partial charge in [-0.05, 0) is 20.8 Å². The average Bonchev–Trinajstić information content (AvgIpc) is 2.61. The molecule has 5 nitrogen and oxygen atoms in total. The topological polar surface area (TPSA) is 46.0 Å². The molecular weight excluding hydrogens is 202 g/mol. The van der Waals surface area contributed by atoms with Gasteiger partial charge in [0.1, 0.15) is 11.6 Å². The molecule has 0 spiro atoms. The van der Waals surface area contributed by atoms with Crippen LogP contribution in [0.4, 0.5) is 0 Å². The summed E-state index contributed by atoms with van der Waals surface area (Å²) in [6, 6.07) is 0.438. The lowest BCUT2D eigenvalue weighted by molar-refractivity contribution is 0.223. The highest BCUT2D eigenvalue weighted by Crippen LogP contribution is 2.12. The van der Waals surface area contributed by atoms with Crippen LogP contribution in [0.15, 0.2) is 0 Å². The molecule has 0 aromatic carbocycles. The lowest BCUT2D eigenvalue weighted by Gasteiger charge is -2.27. The normalized spacial score (nSPS) is 18.2. The minimum absolute atomic E-state index is 0.438. The summed E-state index contributed by atoms with van der Waals surface area (Å²) in [5, 5.41) is 11.8. The predicted octanol–water partition coefficient (Wildman–Crippen LogP) is 0.573. The van der Waals surface area contributed by atoms with Crippen molar-refractivity contribution < 1.29 is 0 Å². The van der Waals surface area contributed by atoms with Gasteiger partial charge in [-0.3, -0.25) is 4.90 Å². The second-order valence-electron chi connectivity index (χ2n) is 4.65. The van der Waals surface area contributed by atoms with Crippen LogP contribution in [0.3, 0.4) is 0 Å². The highest BCUT2D eigenvalue weighted by molar-refractivity contribution is 4.96. The van der Waals surface area contributed by atoms with Crippen molar-refractivity contribution in [1.82, 2.24) is 25.0 Å². The molecule has 1 N–H and O–H groups in total. The molecule has 0 bridgehead atoms. The summed E-state index contributed by atoms with van der Waals surface area (Å²) in [5.74, 6) is 2.11. The van der Waals surface area contributed by atoms with E-state index in [0.717, 1.165) is 44.4 Å². The first-order chi connectivity index (χ1) is 7.68. The molecule has 1 aliphatic heterocycles. The highest BCUT2D eigenvalue weighted by Gasteiger charge is 2.16. The van der Waals surface area contributed by atoms with Crippen LogP contribution < -0.4 is 5.32 Å². The van der Waals surface area contributed by atoms with E-state index in [9.17, 15) is 0 Å². The summed E-state index contributed by atoms with van der Waals surface area (Å²) < 4.78 is 2.22. The molecule has 0 atom stereocenters. The SMILES string of the molecule is Cc1nnc(CN2CCNCC2)n1C(C)C. The molecular formula is C11H21N5. The summed E-state index contributed by atoms with van der Waals surface area (Å²) in [6.45, 7) is 11.7. The largest absolute Gasteiger partial charge is 0.314 e. The number of nitrogens with one attached hydrogen (secondary N) is 1. The number of piperazine rings is 1. The van der Waals surface area contributed by atoms with Crippen LogP contribution in [-0.4, -0.2) is 45.8 Å². The number of hydrogen-bond donors (Lipinski definition) is 1. The van der Waals surface area contributed by atoms with Crippen LogP contribution >= 0.6 is 0 Å². The molecule has 1 aliphatic rings. The summed E-state index contributed by atoms with van der Waals surface area (Å²) >= 11 is 0. The molecule has 1 fully saturated rings. The first-order valence-electron chi connectivity index (χ1n) is 6.02. The van der Waals surface area contributed by atoms with Gasteiger partial charge in [0.25, 0.3) is 0 Å². The van der Waals surface area contributed by atoms with Gasteiger partial charge in [0, 0.05) is 32.2 Å². The van der Waals surface area contributed by atoms with Gasteiger partial charge in [0.15, 0.2) is 0 Å². The maximum Gasteiger partial charge on any atom is 0.147 e. The molecule has 1 aromatic heterocycles. The van der Waals surface area contributed by atoms with E-state index in [1.807, 2.05) is 6.92 Å². The van der Waals surface area contributed by atoms with E-state index >= 15 is 0 Å². The van der Waals surface area contributed by atoms with Crippen LogP contribution in [0.25, 0.3) is 0 Å². The Morgan fingerprint density at radius 3 is 2.56 bits per heavy atom. The molecule has 0 radical (unpaired) electrons. The van der Waals surface area contributed by atoms with Gasteiger partial charge in [0.05, 0.1) is 6.54 Å². The van der Waals surface area contributed by atoms with Gasteiger partial charge in [-0.1, -0.05) is 0 Å². The molecule has 0 aliphatic carbocycles. The van der Waals surface area contributed by atoms with E-state index in [1.54, 1.807) is 0 Å². The number of aryl methyl sites for hydroxylation is 1. The zero-order valence-corrected chi connectivity index (χ0v) is 10.4. The number of aromatic nitrogens is 3. The molecule has 0 saturated carbocycles. The van der Waals surface area contributed by atoms with E-state index in [2.05, 4.69) is 38.8 Å². The van der Waals surface area contributed by atoms with Crippen LogP contribution in [0.5, 0.6) is 0 Å². The van der Waals surface area contributed by atoms with E-state index in [0.29, 0.717) is 6.04 Å². The molecule has 5 heteroatoms. The maximum absolute atomic E-state index is 4.28. The van der Waals surface area contributed by atoms with E-state index in [4.69, 9.17) is 0 Å². The van der Waals surface area contributed by atoms with Gasteiger partial charge >= 0.3 is 0 Å². The Bertz CT molecular complexity index is 338. The zero-order valence-electron chi connectivity index (χ0n) is 10.4. The van der Waals surface area contributed by atoms with Crippen molar-refractivity contribution >= 4 is 0 Å². The average molecular weight is 223 g/mol. The fourth-order valence-electron chi connectivity index (χ4n) is 2.26. The van der Waals surface area contributed by atoms with Crippen molar-refractivity contribution in [3.05, 3.63) is 11.6 Å². The van der Waals surface area contributed by atoms with Crippen molar-refractivity contribution in [3.8, 4) is 0 Å². The molecule has 16 heavy (non-hydrogen) atoms. The third kappa shape index (κ3) is 2.41. The van der Waals surface area contributed by atoms with Crippen molar-refractivity contribution in [2.24, 2.45) is 0 Å². The standard InChI is InChI=1S/C11H21N5/c1-9(2)16-10(3)13-14-11(16)8-15-6-4-12-5-7-15/h9,12H,4-8H2,1-3H3. The first kappa shape index (κ1) is 11.5. The number of hydrogen-bond acceptors (Lipinski definition) is 4. The molecule has 2 heterocycles. The quantitative estimate of drug-likeness (QED) is 0.814. The monoisotopic (exact) mass is 223 g/mol. The fourth-order valence-corrected chi connectivity index (χ4v) is 2.26. The van der Waals surface area contributed by atoms with Crippen molar-refractivity contribution in [2.75, 3.05) is 26.2 Å². The van der Waals surface area contributed by atoms with Crippen LogP contribution in [0.2, 0.25) is 0 Å². The second kappa shape index (κ2) is 4.93. The van der Waals surface area contributed by atoms with Crippen molar-refractivity contribution in [1.29, 1.82) is 0 Å². The summed E-state index contributed by atoms with van der Waals surface area (Å²) in [5.41, 5.74) is 0. The molecule has 0 amide bonds. The van der Waals surface area contributed by atoms with Crippen molar-refractivity contribution in [2.45, 2.75) is 33.4 Å². The van der Waals surface area contributed by atoms with E-state index in [1.165, 1.54) is 0 Å². The smallest absolute Gasteiger partial charge is 0.147 e. The van der Waals surface area contributed by atoms with Crippen LogP contribution in [0.1, 0.15) is 31.5 Å². The lowest BCUT2D eigenvalue weighted by atomic mass is 10.3. The predicted molar refractivity (Wildman–Crippen MR) is 63.3 cm³/mol. The number of nitrogens with zero attached hydrogens (tertiary/aromatic N) is 4. The van der Waals surface area contributed by atoms with Crippen molar-refractivity contribution in [3.63, 3.8) is 0 Å². The Balaban J connectivity index is 2.08. The third-order valence-electron chi connectivity index (χ3n) is 3.03. The van der Waals surface area contributed by atoms with Gasteiger partial charge in [-0.2, -0.15) is 0 Å². The maximum atomic E-state index is 4.28. The summed E-state index contributed by atoms with van der Waals surface area (Å²) in [4.78, 5) is 2.43. The van der Waals surface area contributed by atoms with Crippen LogP contribution in [-0.2, 0) is 6.54 Å². The second-order valence-corrected chi connectivity index (χ2v) is 4.65. The molecule has 0 unspecified atom stereocenters. The van der Waals surface area contributed by atoms with E-state index < -0.39 is 0 Å². The molecule has 1 aromatic rings. The Kier molecular flexibility index (Phi) is 3.56. The minimum Gasteiger partial charge on any atom is -0.314 e. The first-order valence-corrected chi connectivity index (χ1v) is 6.02. The van der Waals surface area contributed by atoms with Gasteiger partial charge in [0.2, 0.25) is 0 Å². The minimum atomic E-state index is 0.438. The lowest BCUT2D eigenvalue weighted by Crippen LogP contribution is -2.43. The fraction of sp³-hybridized carbons (Fsp3) is 0.818. The molecule has 2 rings (SSSR count).